The first-order chi connectivity index (χ1) is 6.47. The summed E-state index contributed by atoms with van der Waals surface area (Å²) in [7, 11) is 1.14. The van der Waals surface area contributed by atoms with E-state index < -0.39 is 30.3 Å². The molecule has 1 unspecified atom stereocenters. The van der Waals surface area contributed by atoms with Crippen molar-refractivity contribution >= 4 is 5.97 Å². The minimum Gasteiger partial charge on any atom is -0.468 e. The van der Waals surface area contributed by atoms with E-state index >= 15 is 0 Å². The van der Waals surface area contributed by atoms with E-state index in [1.807, 2.05) is 0 Å². The van der Waals surface area contributed by atoms with Gasteiger partial charge in [0.05, 0.1) is 7.11 Å². The van der Waals surface area contributed by atoms with E-state index in [0.717, 1.165) is 13.5 Å². The molecule has 3 nitrogen and oxygen atoms in total. The van der Waals surface area contributed by atoms with E-state index in [0.29, 0.717) is 12.8 Å². The number of nitrogens with two attached hydrogens (primary N) is 1. The number of methoxy groups -OCH3 is 1. The predicted octanol–water partition coefficient (Wildman–Crippen LogP) is 1.31. The van der Waals surface area contributed by atoms with Gasteiger partial charge in [0.15, 0.2) is 0 Å². The zero-order valence-electron chi connectivity index (χ0n) is 8.13. The summed E-state index contributed by atoms with van der Waals surface area (Å²) in [6.07, 6.45) is 1.29. The smallest absolute Gasteiger partial charge is 0.322 e. The van der Waals surface area contributed by atoms with E-state index in [2.05, 4.69) is 4.74 Å². The lowest BCUT2D eigenvalue weighted by Crippen LogP contribution is -2.43. The Balaban J connectivity index is 2.44. The van der Waals surface area contributed by atoms with Gasteiger partial charge < -0.3 is 10.5 Å². The van der Waals surface area contributed by atoms with Crippen LogP contribution >= 0.6 is 0 Å². The molecule has 1 rings (SSSR count). The fourth-order valence-corrected chi connectivity index (χ4v) is 1.53. The fraction of sp³-hybridized carbons (Fsp3) is 0.889. The molecule has 0 aromatic carbocycles. The Morgan fingerprint density at radius 1 is 1.64 bits per heavy atom. The maximum Gasteiger partial charge on any atom is 0.322 e. The summed E-state index contributed by atoms with van der Waals surface area (Å²) in [6.45, 7) is 0. The highest BCUT2D eigenvalue weighted by molar-refractivity contribution is 5.75. The van der Waals surface area contributed by atoms with E-state index in [4.69, 9.17) is 5.73 Å². The molecule has 5 heteroatoms. The van der Waals surface area contributed by atoms with Crippen LogP contribution in [0.4, 0.5) is 8.78 Å². The quantitative estimate of drug-likeness (QED) is 0.707. The van der Waals surface area contributed by atoms with Crippen LogP contribution in [0.1, 0.15) is 25.7 Å². The van der Waals surface area contributed by atoms with Crippen molar-refractivity contribution in [3.05, 3.63) is 0 Å². The average molecular weight is 207 g/mol. The van der Waals surface area contributed by atoms with Crippen LogP contribution < -0.4 is 5.73 Å². The van der Waals surface area contributed by atoms with Gasteiger partial charge in [-0.25, -0.2) is 8.78 Å². The van der Waals surface area contributed by atoms with Crippen molar-refractivity contribution in [2.24, 2.45) is 11.7 Å². The lowest BCUT2D eigenvalue weighted by molar-refractivity contribution is -0.148. The summed E-state index contributed by atoms with van der Waals surface area (Å²) in [5.41, 5.74) is 5.28. The number of rotatable bonds is 4. The van der Waals surface area contributed by atoms with Crippen molar-refractivity contribution in [1.82, 2.24) is 0 Å². The molecular formula is C9H15F2NO2. The van der Waals surface area contributed by atoms with Gasteiger partial charge in [0.2, 0.25) is 0 Å². The largest absolute Gasteiger partial charge is 0.468 e. The first kappa shape index (κ1) is 11.4. The minimum atomic E-state index is -2.83. The second-order valence-electron chi connectivity index (χ2n) is 3.72. The normalized spacial score (nSPS) is 20.0. The minimum absolute atomic E-state index is 0.529. The van der Waals surface area contributed by atoms with E-state index in [-0.39, 0.29) is 0 Å². The van der Waals surface area contributed by atoms with E-state index in [1.165, 1.54) is 0 Å². The number of esters is 1. The Morgan fingerprint density at radius 2 is 2.21 bits per heavy atom. The highest BCUT2D eigenvalue weighted by atomic mass is 19.3. The lowest BCUT2D eigenvalue weighted by Gasteiger charge is -2.34. The van der Waals surface area contributed by atoms with Crippen LogP contribution in [0.25, 0.3) is 0 Å². The Labute approximate surface area is 81.6 Å². The number of alkyl halides is 2. The van der Waals surface area contributed by atoms with Crippen molar-refractivity contribution in [2.75, 3.05) is 7.11 Å². The first-order valence-corrected chi connectivity index (χ1v) is 4.68. The predicted molar refractivity (Wildman–Crippen MR) is 46.9 cm³/mol. The molecule has 0 bridgehead atoms. The molecule has 0 radical (unpaired) electrons. The van der Waals surface area contributed by atoms with Crippen LogP contribution in [-0.2, 0) is 9.53 Å². The highest BCUT2D eigenvalue weighted by Gasteiger charge is 2.44. The van der Waals surface area contributed by atoms with Gasteiger partial charge in [0.25, 0.3) is 5.92 Å². The molecule has 0 heterocycles. The van der Waals surface area contributed by atoms with Crippen molar-refractivity contribution in [1.29, 1.82) is 0 Å². The molecule has 0 aromatic heterocycles. The molecule has 0 aromatic rings. The molecule has 2 N–H and O–H groups in total. The molecule has 14 heavy (non-hydrogen) atoms. The van der Waals surface area contributed by atoms with Crippen molar-refractivity contribution in [3.63, 3.8) is 0 Å². The first-order valence-electron chi connectivity index (χ1n) is 4.68. The van der Waals surface area contributed by atoms with Gasteiger partial charge in [0, 0.05) is 12.3 Å². The molecule has 0 saturated heterocycles. The van der Waals surface area contributed by atoms with Gasteiger partial charge in [-0.1, -0.05) is 6.42 Å². The van der Waals surface area contributed by atoms with Crippen LogP contribution in [0.5, 0.6) is 0 Å². The molecule has 0 spiro atoms. The number of ether oxygens (including phenoxy) is 1. The van der Waals surface area contributed by atoms with Gasteiger partial charge in [-0.05, 0) is 12.8 Å². The van der Waals surface area contributed by atoms with Gasteiger partial charge in [-0.2, -0.15) is 0 Å². The Bertz CT molecular complexity index is 217. The second-order valence-corrected chi connectivity index (χ2v) is 3.72. The zero-order chi connectivity index (χ0) is 10.8. The number of halogens is 2. The van der Waals surface area contributed by atoms with Gasteiger partial charge in [-0.15, -0.1) is 0 Å². The van der Waals surface area contributed by atoms with Crippen LogP contribution in [0.2, 0.25) is 0 Å². The number of hydrogen-bond donors (Lipinski definition) is 1. The summed E-state index contributed by atoms with van der Waals surface area (Å²) in [6, 6.07) is -1.21. The molecular weight excluding hydrogens is 192 g/mol. The molecule has 1 atom stereocenters. The maximum atomic E-state index is 13.3. The van der Waals surface area contributed by atoms with Gasteiger partial charge >= 0.3 is 5.97 Å². The third-order valence-electron chi connectivity index (χ3n) is 2.70. The van der Waals surface area contributed by atoms with E-state index in [1.54, 1.807) is 0 Å². The Morgan fingerprint density at radius 3 is 2.57 bits per heavy atom. The van der Waals surface area contributed by atoms with Crippen LogP contribution in [-0.4, -0.2) is 25.0 Å². The highest BCUT2D eigenvalue weighted by Crippen LogP contribution is 2.42. The SMILES string of the molecule is COC(=O)C(N)CC(F)(F)C1CCC1. The fourth-order valence-electron chi connectivity index (χ4n) is 1.53. The lowest BCUT2D eigenvalue weighted by atomic mass is 9.78. The van der Waals surface area contributed by atoms with Gasteiger partial charge in [0.1, 0.15) is 6.04 Å². The third kappa shape index (κ3) is 2.41. The average Bonchev–Trinajstić information content (AvgIpc) is 1.97. The standard InChI is InChI=1S/C9H15F2NO2/c1-14-8(13)7(12)5-9(10,11)6-3-2-4-6/h6-7H,2-5,12H2,1H3. The topological polar surface area (TPSA) is 52.3 Å². The van der Waals surface area contributed by atoms with E-state index in [9.17, 15) is 13.6 Å². The van der Waals surface area contributed by atoms with Crippen molar-refractivity contribution < 1.29 is 18.3 Å². The molecule has 0 amide bonds. The molecule has 0 aliphatic heterocycles. The molecule has 1 saturated carbocycles. The van der Waals surface area contributed by atoms with Crippen LogP contribution in [0.15, 0.2) is 0 Å². The monoisotopic (exact) mass is 207 g/mol. The Kier molecular flexibility index (Phi) is 3.42. The Hall–Kier alpha value is -0.710. The summed E-state index contributed by atoms with van der Waals surface area (Å²) < 4.78 is 30.9. The van der Waals surface area contributed by atoms with Crippen molar-refractivity contribution in [2.45, 2.75) is 37.6 Å². The van der Waals surface area contributed by atoms with Crippen LogP contribution in [0.3, 0.4) is 0 Å². The summed E-state index contributed by atoms with van der Waals surface area (Å²) in [5.74, 6) is -4.20. The third-order valence-corrected chi connectivity index (χ3v) is 2.70. The molecule has 1 aliphatic carbocycles. The molecule has 1 fully saturated rings. The van der Waals surface area contributed by atoms with Crippen LogP contribution in [0, 0.1) is 5.92 Å². The summed E-state index contributed by atoms with van der Waals surface area (Å²) in [5, 5.41) is 0. The number of carbonyl (C=O) groups is 1. The summed E-state index contributed by atoms with van der Waals surface area (Å²) in [4.78, 5) is 10.8. The second kappa shape index (κ2) is 4.21. The number of carbonyl (C=O) groups excluding carboxylic acids is 1. The maximum absolute atomic E-state index is 13.3. The zero-order valence-corrected chi connectivity index (χ0v) is 8.13. The summed E-state index contributed by atoms with van der Waals surface area (Å²) >= 11 is 0. The molecule has 82 valence electrons. The molecule has 1 aliphatic rings. The van der Waals surface area contributed by atoms with Gasteiger partial charge in [-0.3, -0.25) is 4.79 Å². The van der Waals surface area contributed by atoms with Crippen molar-refractivity contribution in [3.8, 4) is 0 Å². The number of hydrogen-bond acceptors (Lipinski definition) is 3.